The molecule has 1 saturated heterocycles. The maximum atomic E-state index is 5.88. The quantitative estimate of drug-likeness (QED) is 0.888. The Morgan fingerprint density at radius 1 is 1.44 bits per heavy atom. The lowest BCUT2D eigenvalue weighted by Crippen LogP contribution is -2.52. The van der Waals surface area contributed by atoms with Gasteiger partial charge in [0.1, 0.15) is 0 Å². The van der Waals surface area contributed by atoms with Crippen molar-refractivity contribution in [1.82, 2.24) is 4.37 Å². The summed E-state index contributed by atoms with van der Waals surface area (Å²) in [6.07, 6.45) is 5.26. The van der Waals surface area contributed by atoms with E-state index in [9.17, 15) is 0 Å². The van der Waals surface area contributed by atoms with Gasteiger partial charge in [-0.2, -0.15) is 4.37 Å². The first-order valence-electron chi connectivity index (χ1n) is 6.48. The average molecular weight is 269 g/mol. The first-order chi connectivity index (χ1) is 8.81. The Morgan fingerprint density at radius 2 is 2.28 bits per heavy atom. The molecule has 0 radical (unpaired) electrons. The van der Waals surface area contributed by atoms with Gasteiger partial charge in [-0.15, -0.1) is 0 Å². The summed E-state index contributed by atoms with van der Waals surface area (Å²) in [4.78, 5) is 2.39. The highest BCUT2D eigenvalue weighted by Gasteiger charge is 2.36. The third-order valence-corrected chi connectivity index (χ3v) is 4.74. The Morgan fingerprint density at radius 3 is 3.11 bits per heavy atom. The van der Waals surface area contributed by atoms with E-state index in [0.717, 1.165) is 30.3 Å². The molecular formula is C12H19N3O2S. The molecule has 5 nitrogen and oxygen atoms in total. The lowest BCUT2D eigenvalue weighted by atomic mass is 9.90. The van der Waals surface area contributed by atoms with Gasteiger partial charge in [-0.3, -0.25) is 0 Å². The number of morpholine rings is 1. The van der Waals surface area contributed by atoms with Crippen LogP contribution in [-0.2, 0) is 4.74 Å². The number of rotatable bonds is 2. The lowest BCUT2D eigenvalue weighted by Gasteiger charge is -2.44. The zero-order valence-electron chi connectivity index (χ0n) is 10.6. The van der Waals surface area contributed by atoms with Crippen LogP contribution in [0.1, 0.15) is 25.7 Å². The van der Waals surface area contributed by atoms with Gasteiger partial charge in [-0.1, -0.05) is 12.8 Å². The summed E-state index contributed by atoms with van der Waals surface area (Å²) in [6.45, 7) is 1.68. The van der Waals surface area contributed by atoms with Crippen molar-refractivity contribution in [1.29, 1.82) is 0 Å². The molecule has 2 heterocycles. The van der Waals surface area contributed by atoms with Crippen molar-refractivity contribution in [3.63, 3.8) is 0 Å². The highest BCUT2D eigenvalue weighted by Crippen LogP contribution is 2.42. The van der Waals surface area contributed by atoms with Crippen LogP contribution >= 0.6 is 11.5 Å². The fourth-order valence-electron chi connectivity index (χ4n) is 3.01. The van der Waals surface area contributed by atoms with E-state index in [2.05, 4.69) is 9.27 Å². The molecule has 1 aromatic heterocycles. The standard InChI is InChI=1S/C12H19N3O2S/c1-16-10-11(13)14-18-12(10)15-6-7-17-9-5-3-2-4-8(9)15/h8-9H,2-7H2,1H3,(H2,13,14). The van der Waals surface area contributed by atoms with Crippen LogP contribution in [0.5, 0.6) is 5.75 Å². The Bertz CT molecular complexity index is 421. The Balaban J connectivity index is 1.89. The molecule has 18 heavy (non-hydrogen) atoms. The van der Waals surface area contributed by atoms with E-state index in [4.69, 9.17) is 15.2 Å². The summed E-state index contributed by atoms with van der Waals surface area (Å²) in [7, 11) is 1.66. The number of nitrogen functional groups attached to an aromatic ring is 1. The van der Waals surface area contributed by atoms with Gasteiger partial charge in [0.25, 0.3) is 0 Å². The van der Waals surface area contributed by atoms with Gasteiger partial charge in [0.15, 0.2) is 16.6 Å². The molecule has 0 spiro atoms. The molecule has 1 aromatic rings. The van der Waals surface area contributed by atoms with Gasteiger partial charge in [0, 0.05) is 6.54 Å². The minimum absolute atomic E-state index is 0.362. The van der Waals surface area contributed by atoms with Gasteiger partial charge in [0.05, 0.1) is 25.9 Å². The predicted molar refractivity (Wildman–Crippen MR) is 72.4 cm³/mol. The fraction of sp³-hybridized carbons (Fsp3) is 0.750. The summed E-state index contributed by atoms with van der Waals surface area (Å²) in [5.74, 6) is 1.22. The summed E-state index contributed by atoms with van der Waals surface area (Å²) in [5.41, 5.74) is 5.84. The van der Waals surface area contributed by atoms with Gasteiger partial charge in [0.2, 0.25) is 0 Å². The third kappa shape index (κ3) is 1.93. The van der Waals surface area contributed by atoms with E-state index < -0.39 is 0 Å². The second kappa shape index (κ2) is 4.93. The molecule has 1 saturated carbocycles. The van der Waals surface area contributed by atoms with E-state index in [1.165, 1.54) is 30.8 Å². The second-order valence-electron chi connectivity index (χ2n) is 4.86. The normalized spacial score (nSPS) is 27.9. The third-order valence-electron chi connectivity index (χ3n) is 3.85. The van der Waals surface area contributed by atoms with Crippen LogP contribution in [0.2, 0.25) is 0 Å². The number of nitrogens with zero attached hydrogens (tertiary/aromatic N) is 2. The largest absolute Gasteiger partial charge is 0.490 e. The van der Waals surface area contributed by atoms with Crippen LogP contribution in [0.4, 0.5) is 10.8 Å². The molecule has 2 aliphatic rings. The average Bonchev–Trinajstić information content (AvgIpc) is 2.79. The zero-order chi connectivity index (χ0) is 12.5. The number of fused-ring (bicyclic) bond motifs is 1. The number of aromatic nitrogens is 1. The first-order valence-corrected chi connectivity index (χ1v) is 7.26. The van der Waals surface area contributed by atoms with Crippen LogP contribution < -0.4 is 15.4 Å². The number of nitrogens with two attached hydrogens (primary N) is 1. The topological polar surface area (TPSA) is 60.6 Å². The van der Waals surface area contributed by atoms with Crippen LogP contribution in [0.3, 0.4) is 0 Å². The van der Waals surface area contributed by atoms with Crippen molar-refractivity contribution >= 4 is 22.4 Å². The smallest absolute Gasteiger partial charge is 0.197 e. The number of anilines is 2. The highest BCUT2D eigenvalue weighted by atomic mass is 32.1. The molecule has 0 amide bonds. The summed E-state index contributed by atoms with van der Waals surface area (Å²) >= 11 is 1.43. The van der Waals surface area contributed by atoms with E-state index in [1.807, 2.05) is 0 Å². The van der Waals surface area contributed by atoms with E-state index >= 15 is 0 Å². The molecule has 3 rings (SSSR count). The van der Waals surface area contributed by atoms with Crippen molar-refractivity contribution in [3.05, 3.63) is 0 Å². The molecule has 6 heteroatoms. The van der Waals surface area contributed by atoms with Crippen LogP contribution in [0.15, 0.2) is 0 Å². The molecule has 1 aliphatic carbocycles. The predicted octanol–water partition coefficient (Wildman–Crippen LogP) is 1.88. The molecule has 0 bridgehead atoms. The number of methoxy groups -OCH3 is 1. The summed E-state index contributed by atoms with van der Waals surface area (Å²) in [6, 6.07) is 0.459. The van der Waals surface area contributed by atoms with Crippen molar-refractivity contribution < 1.29 is 9.47 Å². The highest BCUT2D eigenvalue weighted by molar-refractivity contribution is 7.11. The van der Waals surface area contributed by atoms with Gasteiger partial charge >= 0.3 is 0 Å². The SMILES string of the molecule is COc1c(N)nsc1N1CCOC2CCCCC21. The summed E-state index contributed by atoms with van der Waals surface area (Å²) < 4.78 is 15.5. The molecule has 1 aliphatic heterocycles. The molecular weight excluding hydrogens is 250 g/mol. The van der Waals surface area contributed by atoms with Crippen molar-refractivity contribution in [2.75, 3.05) is 30.9 Å². The number of hydrogen-bond acceptors (Lipinski definition) is 6. The number of ether oxygens (including phenoxy) is 2. The Hall–Kier alpha value is -1.01. The maximum absolute atomic E-state index is 5.88. The van der Waals surface area contributed by atoms with Crippen LogP contribution in [0, 0.1) is 0 Å². The molecule has 2 fully saturated rings. The van der Waals surface area contributed by atoms with Crippen molar-refractivity contribution in [3.8, 4) is 5.75 Å². The van der Waals surface area contributed by atoms with E-state index in [1.54, 1.807) is 7.11 Å². The monoisotopic (exact) mass is 269 g/mol. The van der Waals surface area contributed by atoms with Crippen LogP contribution in [0.25, 0.3) is 0 Å². The molecule has 0 aromatic carbocycles. The fourth-order valence-corrected chi connectivity index (χ4v) is 3.88. The summed E-state index contributed by atoms with van der Waals surface area (Å²) in [5, 5.41) is 1.07. The van der Waals surface area contributed by atoms with Gasteiger partial charge in [-0.25, -0.2) is 0 Å². The molecule has 100 valence electrons. The van der Waals surface area contributed by atoms with E-state index in [0.29, 0.717) is 18.0 Å². The zero-order valence-corrected chi connectivity index (χ0v) is 11.4. The van der Waals surface area contributed by atoms with Crippen molar-refractivity contribution in [2.45, 2.75) is 37.8 Å². The minimum atomic E-state index is 0.362. The van der Waals surface area contributed by atoms with Crippen molar-refractivity contribution in [2.24, 2.45) is 0 Å². The Kier molecular flexibility index (Phi) is 3.30. The van der Waals surface area contributed by atoms with Crippen LogP contribution in [-0.4, -0.2) is 36.8 Å². The molecule has 2 N–H and O–H groups in total. The Labute approximate surface area is 111 Å². The minimum Gasteiger partial charge on any atom is -0.490 e. The molecule has 2 atom stereocenters. The lowest BCUT2D eigenvalue weighted by molar-refractivity contribution is -0.00853. The second-order valence-corrected chi connectivity index (χ2v) is 5.61. The van der Waals surface area contributed by atoms with Gasteiger partial charge < -0.3 is 20.1 Å². The van der Waals surface area contributed by atoms with E-state index in [-0.39, 0.29) is 0 Å². The molecule has 2 unspecified atom stereocenters. The number of hydrogen-bond donors (Lipinski definition) is 1. The first kappa shape index (κ1) is 12.0. The van der Waals surface area contributed by atoms with Gasteiger partial charge in [-0.05, 0) is 24.4 Å². The maximum Gasteiger partial charge on any atom is 0.197 e.